The molecule has 2 aromatic rings. The number of halogens is 1. The van der Waals surface area contributed by atoms with Gasteiger partial charge in [-0.05, 0) is 57.0 Å². The summed E-state index contributed by atoms with van der Waals surface area (Å²) in [5.41, 5.74) is 1.17. The Labute approximate surface area is 170 Å². The Morgan fingerprint density at radius 1 is 1.18 bits per heavy atom. The van der Waals surface area contributed by atoms with E-state index in [0.717, 1.165) is 6.42 Å². The summed E-state index contributed by atoms with van der Waals surface area (Å²) in [5, 5.41) is 3.06. The lowest BCUT2D eigenvalue weighted by Crippen LogP contribution is -2.38. The molecule has 0 atom stereocenters. The van der Waals surface area contributed by atoms with Gasteiger partial charge in [-0.1, -0.05) is 23.7 Å². The Bertz CT molecular complexity index is 976. The van der Waals surface area contributed by atoms with Crippen molar-refractivity contribution in [3.8, 4) is 5.75 Å². The molecular weight excluding hydrogens is 400 g/mol. The third-order valence-corrected chi connectivity index (χ3v) is 6.53. The maximum absolute atomic E-state index is 12.9. The highest BCUT2D eigenvalue weighted by atomic mass is 35.5. The number of hydrogen-bond acceptors (Lipinski definition) is 4. The fraction of sp³-hybridized carbons (Fsp3) is 0.350. The van der Waals surface area contributed by atoms with Crippen molar-refractivity contribution < 1.29 is 17.9 Å². The third-order valence-electron chi connectivity index (χ3n) is 4.33. The molecule has 28 heavy (non-hydrogen) atoms. The van der Waals surface area contributed by atoms with Crippen molar-refractivity contribution in [3.05, 3.63) is 53.1 Å². The number of nitrogens with zero attached hydrogens (tertiary/aromatic N) is 1. The quantitative estimate of drug-likeness (QED) is 0.778. The average molecular weight is 423 g/mol. The van der Waals surface area contributed by atoms with Gasteiger partial charge in [0.05, 0.1) is 33.8 Å². The molecule has 1 aliphatic heterocycles. The molecule has 1 fully saturated rings. The molecule has 0 saturated carbocycles. The first-order valence-corrected chi connectivity index (χ1v) is 11.1. The summed E-state index contributed by atoms with van der Waals surface area (Å²) in [5.74, 6) is 0.231. The van der Waals surface area contributed by atoms with Gasteiger partial charge in [0, 0.05) is 6.54 Å². The lowest BCUT2D eigenvalue weighted by Gasteiger charge is -2.28. The number of sulfonamides is 1. The Morgan fingerprint density at radius 2 is 1.93 bits per heavy atom. The van der Waals surface area contributed by atoms with E-state index in [0.29, 0.717) is 30.1 Å². The molecule has 0 unspecified atom stereocenters. The highest BCUT2D eigenvalue weighted by Crippen LogP contribution is 2.30. The van der Waals surface area contributed by atoms with Gasteiger partial charge in [-0.25, -0.2) is 8.42 Å². The Kier molecular flexibility index (Phi) is 6.15. The van der Waals surface area contributed by atoms with E-state index in [2.05, 4.69) is 5.32 Å². The van der Waals surface area contributed by atoms with Crippen LogP contribution in [0.25, 0.3) is 0 Å². The molecule has 3 rings (SSSR count). The molecule has 8 heteroatoms. The van der Waals surface area contributed by atoms with Crippen molar-refractivity contribution in [2.75, 3.05) is 21.9 Å². The molecule has 1 N–H and O–H groups in total. The topological polar surface area (TPSA) is 75.7 Å². The highest BCUT2D eigenvalue weighted by Gasteiger charge is 2.27. The van der Waals surface area contributed by atoms with Crippen LogP contribution in [0.4, 0.5) is 11.4 Å². The maximum atomic E-state index is 12.9. The molecule has 150 valence electrons. The number of carbonyl (C=O) groups is 1. The van der Waals surface area contributed by atoms with Crippen LogP contribution in [0.3, 0.4) is 0 Å². The van der Waals surface area contributed by atoms with Crippen molar-refractivity contribution in [2.24, 2.45) is 0 Å². The number of para-hydroxylation sites is 2. The fourth-order valence-corrected chi connectivity index (χ4v) is 4.87. The zero-order valence-corrected chi connectivity index (χ0v) is 17.4. The molecule has 0 aliphatic carbocycles. The van der Waals surface area contributed by atoms with Crippen LogP contribution in [0.15, 0.2) is 42.5 Å². The molecule has 1 aliphatic rings. The van der Waals surface area contributed by atoms with E-state index in [1.165, 1.54) is 10.4 Å². The van der Waals surface area contributed by atoms with E-state index in [9.17, 15) is 13.2 Å². The van der Waals surface area contributed by atoms with Gasteiger partial charge in [0.25, 0.3) is 5.91 Å². The fourth-order valence-electron chi connectivity index (χ4n) is 3.04. The smallest absolute Gasteiger partial charge is 0.257 e. The van der Waals surface area contributed by atoms with Gasteiger partial charge in [-0.15, -0.1) is 0 Å². The zero-order chi connectivity index (χ0) is 20.3. The number of amides is 1. The Morgan fingerprint density at radius 3 is 2.64 bits per heavy atom. The number of ether oxygens (including phenoxy) is 1. The molecule has 0 spiro atoms. The highest BCUT2D eigenvalue weighted by molar-refractivity contribution is 7.92. The lowest BCUT2D eigenvalue weighted by molar-refractivity contribution is 0.102. The summed E-state index contributed by atoms with van der Waals surface area (Å²) >= 11 is 6.23. The van der Waals surface area contributed by atoms with Gasteiger partial charge in [0.2, 0.25) is 10.0 Å². The van der Waals surface area contributed by atoms with Crippen LogP contribution in [-0.4, -0.2) is 32.7 Å². The first kappa shape index (κ1) is 20.5. The minimum atomic E-state index is -3.37. The molecule has 6 nitrogen and oxygen atoms in total. The van der Waals surface area contributed by atoms with Crippen LogP contribution in [-0.2, 0) is 10.0 Å². The largest absolute Gasteiger partial charge is 0.489 e. The zero-order valence-electron chi connectivity index (χ0n) is 15.8. The standard InChI is InChI=1S/C20H23ClN2O4S/c1-14(2)27-19-8-4-3-7-18(19)22-20(24)16-13-15(9-10-17(16)21)23-11-5-6-12-28(23,25)26/h3-4,7-10,13-14H,5-6,11-12H2,1-2H3,(H,22,24). The normalized spacial score (nSPS) is 16.1. The van der Waals surface area contributed by atoms with Crippen molar-refractivity contribution in [1.82, 2.24) is 0 Å². The third kappa shape index (κ3) is 4.59. The average Bonchev–Trinajstić information content (AvgIpc) is 2.63. The van der Waals surface area contributed by atoms with Gasteiger partial charge in [-0.3, -0.25) is 9.10 Å². The minimum Gasteiger partial charge on any atom is -0.489 e. The second-order valence-corrected chi connectivity index (χ2v) is 9.30. The molecule has 1 saturated heterocycles. The first-order chi connectivity index (χ1) is 13.3. The summed E-state index contributed by atoms with van der Waals surface area (Å²) in [4.78, 5) is 12.9. The van der Waals surface area contributed by atoms with Crippen LogP contribution >= 0.6 is 11.6 Å². The Balaban J connectivity index is 1.89. The molecular formula is C20H23ClN2O4S. The van der Waals surface area contributed by atoms with Gasteiger partial charge in [0.15, 0.2) is 0 Å². The maximum Gasteiger partial charge on any atom is 0.257 e. The second kappa shape index (κ2) is 8.41. The molecule has 0 bridgehead atoms. The van der Waals surface area contributed by atoms with Gasteiger partial charge < -0.3 is 10.1 Å². The summed E-state index contributed by atoms with van der Waals surface area (Å²) < 4.78 is 31.8. The predicted molar refractivity (Wildman–Crippen MR) is 112 cm³/mol. The number of nitrogens with one attached hydrogen (secondary N) is 1. The monoisotopic (exact) mass is 422 g/mol. The predicted octanol–water partition coefficient (Wildman–Crippen LogP) is 4.31. The van der Waals surface area contributed by atoms with Gasteiger partial charge in [0.1, 0.15) is 5.75 Å². The molecule has 0 aromatic heterocycles. The van der Waals surface area contributed by atoms with Crippen LogP contribution in [0.1, 0.15) is 37.0 Å². The van der Waals surface area contributed by atoms with E-state index >= 15 is 0 Å². The SMILES string of the molecule is CC(C)Oc1ccccc1NC(=O)c1cc(N2CCCCS2(=O)=O)ccc1Cl. The molecule has 0 radical (unpaired) electrons. The number of hydrogen-bond donors (Lipinski definition) is 1. The van der Waals surface area contributed by atoms with E-state index in [1.807, 2.05) is 19.9 Å². The molecule has 1 amide bonds. The van der Waals surface area contributed by atoms with E-state index in [-0.39, 0.29) is 22.4 Å². The van der Waals surface area contributed by atoms with Gasteiger partial charge in [-0.2, -0.15) is 0 Å². The Hall–Kier alpha value is -2.25. The molecule has 1 heterocycles. The van der Waals surface area contributed by atoms with Gasteiger partial charge >= 0.3 is 0 Å². The number of benzene rings is 2. The van der Waals surface area contributed by atoms with Crippen LogP contribution in [0, 0.1) is 0 Å². The minimum absolute atomic E-state index is 0.0470. The second-order valence-electron chi connectivity index (χ2n) is 6.88. The summed E-state index contributed by atoms with van der Waals surface area (Å²) in [6, 6.07) is 11.8. The number of rotatable bonds is 5. The summed E-state index contributed by atoms with van der Waals surface area (Å²) in [6.45, 7) is 4.20. The van der Waals surface area contributed by atoms with Crippen LogP contribution in [0.2, 0.25) is 5.02 Å². The van der Waals surface area contributed by atoms with Crippen LogP contribution < -0.4 is 14.4 Å². The van der Waals surface area contributed by atoms with Crippen LogP contribution in [0.5, 0.6) is 5.75 Å². The lowest BCUT2D eigenvalue weighted by atomic mass is 10.1. The van der Waals surface area contributed by atoms with E-state index in [4.69, 9.17) is 16.3 Å². The first-order valence-electron chi connectivity index (χ1n) is 9.15. The van der Waals surface area contributed by atoms with E-state index in [1.54, 1.807) is 30.3 Å². The van der Waals surface area contributed by atoms with Crippen molar-refractivity contribution >= 4 is 38.9 Å². The van der Waals surface area contributed by atoms with Crippen molar-refractivity contribution in [1.29, 1.82) is 0 Å². The van der Waals surface area contributed by atoms with Crippen molar-refractivity contribution in [3.63, 3.8) is 0 Å². The summed E-state index contributed by atoms with van der Waals surface area (Å²) in [6.07, 6.45) is 1.38. The molecule has 2 aromatic carbocycles. The summed E-state index contributed by atoms with van der Waals surface area (Å²) in [7, 11) is -3.37. The van der Waals surface area contributed by atoms with E-state index < -0.39 is 15.9 Å². The van der Waals surface area contributed by atoms with Crippen molar-refractivity contribution in [2.45, 2.75) is 32.8 Å². The number of anilines is 2. The number of carbonyl (C=O) groups excluding carboxylic acids is 1.